The van der Waals surface area contributed by atoms with E-state index in [0.29, 0.717) is 55.0 Å². The maximum Gasteiger partial charge on any atom is 0.200 e. The minimum atomic E-state index is -2.31. The maximum absolute atomic E-state index is 14.3. The summed E-state index contributed by atoms with van der Waals surface area (Å²) in [7, 11) is -1.00. The summed E-state index contributed by atoms with van der Waals surface area (Å²) in [5.41, 5.74) is 3.15. The number of Topliss-reactive ketones (excluding diaryl/α,β-unsaturated/α-hetero) is 1. The average molecular weight is 1150 g/mol. The summed E-state index contributed by atoms with van der Waals surface area (Å²) < 4.78 is 53.8. The molecule has 0 aromatic heterocycles. The van der Waals surface area contributed by atoms with E-state index in [1.165, 1.54) is 0 Å². The van der Waals surface area contributed by atoms with Gasteiger partial charge in [-0.3, -0.25) is 4.79 Å². The molecule has 410 valence electrons. The van der Waals surface area contributed by atoms with Gasteiger partial charge in [-0.15, -0.1) is 0 Å². The van der Waals surface area contributed by atoms with E-state index in [9.17, 15) is 9.90 Å². The minimum Gasteiger partial charge on any atom is -0.497 e. The van der Waals surface area contributed by atoms with Crippen LogP contribution in [0.4, 0.5) is 0 Å². The van der Waals surface area contributed by atoms with Crippen molar-refractivity contribution in [3.63, 3.8) is 0 Å². The molecule has 10 nitrogen and oxygen atoms in total. The van der Waals surface area contributed by atoms with Crippen molar-refractivity contribution in [2.75, 3.05) is 14.2 Å². The summed E-state index contributed by atoms with van der Waals surface area (Å²) in [4.78, 5) is 14.3. The van der Waals surface area contributed by atoms with Gasteiger partial charge in [0.05, 0.1) is 70.2 Å². The van der Waals surface area contributed by atoms with Crippen molar-refractivity contribution in [1.29, 1.82) is 0 Å². The molecule has 1 fully saturated rings. The number of aliphatic hydroxyl groups is 1. The Labute approximate surface area is 453 Å². The minimum absolute atomic E-state index is 0.0282. The predicted octanol–water partition coefficient (Wildman–Crippen LogP) is 15.3. The van der Waals surface area contributed by atoms with Crippen molar-refractivity contribution >= 4 is 45.0 Å². The fraction of sp³-hybridized carbons (Fsp3) is 0.712. The Hall–Kier alpha value is -1.93. The molecule has 1 aliphatic heterocycles. The normalized spacial score (nSPS) is 20.1. The molecule has 1 heterocycles. The monoisotopic (exact) mass is 1150 g/mol. The summed E-state index contributed by atoms with van der Waals surface area (Å²) in [6.45, 7) is 38.8. The molecule has 0 spiro atoms. The molecule has 0 unspecified atom stereocenters. The van der Waals surface area contributed by atoms with Crippen LogP contribution in [0, 0.1) is 17.8 Å². The summed E-state index contributed by atoms with van der Waals surface area (Å²) in [5, 5.41) is 12.0. The van der Waals surface area contributed by atoms with Gasteiger partial charge in [-0.2, -0.15) is 0 Å². The largest absolute Gasteiger partial charge is 0.497 e. The molecular weight excluding hydrogens is 1050 g/mol. The second-order valence-electron chi connectivity index (χ2n) is 23.9. The number of halogens is 1. The number of aliphatic hydroxyl groups excluding tert-OH is 1. The number of benzene rings is 2. The number of carbonyl (C=O) groups excluding carboxylic acids is 1. The Kier molecular flexibility index (Phi) is 26.4. The lowest BCUT2D eigenvalue weighted by molar-refractivity contribution is -0.294. The third kappa shape index (κ3) is 20.2. The number of hydrogen-bond donors (Lipinski definition) is 1. The van der Waals surface area contributed by atoms with Gasteiger partial charge in [-0.1, -0.05) is 155 Å². The van der Waals surface area contributed by atoms with E-state index in [1.54, 1.807) is 14.2 Å². The van der Waals surface area contributed by atoms with Crippen molar-refractivity contribution in [1.82, 2.24) is 0 Å². The van der Waals surface area contributed by atoms with E-state index in [1.807, 2.05) is 62.4 Å². The highest BCUT2D eigenvalue weighted by atomic mass is 127. The van der Waals surface area contributed by atoms with Crippen LogP contribution >= 0.6 is 22.6 Å². The highest BCUT2D eigenvalue weighted by Gasteiger charge is 2.48. The quantitative estimate of drug-likeness (QED) is 0.0445. The van der Waals surface area contributed by atoms with Crippen LogP contribution in [0.3, 0.4) is 0 Å². The number of rotatable bonds is 31. The van der Waals surface area contributed by atoms with Crippen LogP contribution in [0.1, 0.15) is 154 Å². The Morgan fingerprint density at radius 1 is 0.750 bits per heavy atom. The first-order valence-electron chi connectivity index (χ1n) is 26.9. The van der Waals surface area contributed by atoms with E-state index >= 15 is 0 Å². The first kappa shape index (κ1) is 64.4. The van der Waals surface area contributed by atoms with E-state index in [4.69, 9.17) is 37.3 Å². The molecule has 0 radical (unpaired) electrons. The number of ketones is 1. The van der Waals surface area contributed by atoms with Crippen LogP contribution in [0.2, 0.25) is 34.8 Å². The molecule has 0 saturated carbocycles. The Balaban J connectivity index is 1.89. The summed E-state index contributed by atoms with van der Waals surface area (Å²) >= 11 is 2.28. The van der Waals surface area contributed by atoms with Crippen LogP contribution in [0.15, 0.2) is 70.8 Å². The molecule has 3 rings (SSSR count). The Morgan fingerprint density at radius 2 is 1.26 bits per heavy atom. The molecular formula is C59H99IO10Si2. The van der Waals surface area contributed by atoms with Crippen molar-refractivity contribution in [3.8, 4) is 11.5 Å². The van der Waals surface area contributed by atoms with Gasteiger partial charge in [0, 0.05) is 32.1 Å². The van der Waals surface area contributed by atoms with Crippen LogP contribution in [-0.4, -0.2) is 90.3 Å². The molecule has 2 aromatic rings. The van der Waals surface area contributed by atoms with Crippen molar-refractivity contribution in [3.05, 3.63) is 82.0 Å². The fourth-order valence-corrected chi connectivity index (χ4v) is 18.1. The smallest absolute Gasteiger partial charge is 0.200 e. The SMILES string of the molecule is COc1ccc(CO[C@H](CC(=O)C[C@@H](O)C[C@@H](C[C@@H]2C[C@H](/C=C/[C@H](C)[C@@H](O[Si](C)(C)C(C)(C)C)C(C)C)OC(C)(C)O2)OCc2ccc(OC)cc2)C[C@@H](O[Si](C(C)C)(C(C)C)C(C)C)[C@@H](C)/C=C/I)cc1. The van der Waals surface area contributed by atoms with E-state index in [2.05, 4.69) is 148 Å². The fourth-order valence-electron chi connectivity index (χ4n) is 10.3. The highest BCUT2D eigenvalue weighted by molar-refractivity contribution is 14.1. The number of carbonyl (C=O) groups is 1. The molecule has 0 bridgehead atoms. The van der Waals surface area contributed by atoms with Gasteiger partial charge >= 0.3 is 0 Å². The zero-order chi connectivity index (χ0) is 54.2. The molecule has 9 atom stereocenters. The molecule has 13 heteroatoms. The molecule has 1 aliphatic rings. The number of hydrogen-bond acceptors (Lipinski definition) is 10. The number of methoxy groups -OCH3 is 2. The van der Waals surface area contributed by atoms with Gasteiger partial charge in [0.15, 0.2) is 14.1 Å². The Bertz CT molecular complexity index is 1900. The summed E-state index contributed by atoms with van der Waals surface area (Å²) in [5.74, 6) is 1.25. The lowest BCUT2D eigenvalue weighted by Gasteiger charge is -2.46. The van der Waals surface area contributed by atoms with Gasteiger partial charge in [0.2, 0.25) is 8.32 Å². The van der Waals surface area contributed by atoms with Gasteiger partial charge < -0.3 is 42.4 Å². The molecule has 1 saturated heterocycles. The van der Waals surface area contributed by atoms with Crippen LogP contribution in [0.5, 0.6) is 11.5 Å². The van der Waals surface area contributed by atoms with E-state index < -0.39 is 40.7 Å². The van der Waals surface area contributed by atoms with E-state index in [0.717, 1.165) is 22.6 Å². The van der Waals surface area contributed by atoms with Crippen molar-refractivity contribution in [2.45, 2.75) is 239 Å². The molecule has 1 N–H and O–H groups in total. The molecule has 0 aliphatic carbocycles. The zero-order valence-corrected chi connectivity index (χ0v) is 52.2. The van der Waals surface area contributed by atoms with Gasteiger partial charge in [0.1, 0.15) is 17.3 Å². The van der Waals surface area contributed by atoms with Crippen LogP contribution < -0.4 is 9.47 Å². The first-order valence-corrected chi connectivity index (χ1v) is 33.2. The second-order valence-corrected chi connectivity index (χ2v) is 34.8. The van der Waals surface area contributed by atoms with Gasteiger partial charge in [-0.25, -0.2) is 0 Å². The third-order valence-corrected chi connectivity index (χ3v) is 26.2. The highest BCUT2D eigenvalue weighted by Crippen LogP contribution is 2.45. The average Bonchev–Trinajstić information content (AvgIpc) is 3.28. The van der Waals surface area contributed by atoms with Crippen LogP contribution in [0.25, 0.3) is 0 Å². The maximum atomic E-state index is 14.3. The number of ether oxygens (including phenoxy) is 6. The second kappa shape index (κ2) is 29.6. The first-order chi connectivity index (χ1) is 33.6. The predicted molar refractivity (Wildman–Crippen MR) is 309 cm³/mol. The van der Waals surface area contributed by atoms with Gasteiger partial charge in [0.25, 0.3) is 0 Å². The van der Waals surface area contributed by atoms with Crippen molar-refractivity contribution in [2.24, 2.45) is 17.8 Å². The molecule has 72 heavy (non-hydrogen) atoms. The van der Waals surface area contributed by atoms with E-state index in [-0.39, 0.29) is 66.3 Å². The molecule has 2 aromatic carbocycles. The van der Waals surface area contributed by atoms with Gasteiger partial charge in [-0.05, 0) is 112 Å². The third-order valence-electron chi connectivity index (χ3n) is 15.2. The lowest BCUT2D eigenvalue weighted by atomic mass is 9.93. The van der Waals surface area contributed by atoms with Crippen LogP contribution in [-0.2, 0) is 45.8 Å². The molecule has 0 amide bonds. The zero-order valence-electron chi connectivity index (χ0n) is 48.1. The topological polar surface area (TPSA) is 111 Å². The summed E-state index contributed by atoms with van der Waals surface area (Å²) in [6.07, 6.45) is 6.38. The lowest BCUT2D eigenvalue weighted by Crippen LogP contribution is -2.51. The summed E-state index contributed by atoms with van der Waals surface area (Å²) in [6, 6.07) is 15.6. The van der Waals surface area contributed by atoms with Crippen molar-refractivity contribution < 1.29 is 47.2 Å². The standard InChI is InChI=1S/C59H99IO10Si2/c1-40(2)57(70-71(18,19)58(11,12)13)45(10)20-25-52-35-55(68-59(14,15)67-52)36-53(65-38-46-21-26-50(63-16)27-22-46)33-48(61)32-49(62)34-54(66-39-47-23-28-51(64-17)29-24-47)37-56(44(9)30-31-60)69-72(41(3)4,42(5)6)43(7)8/h20-31,40-45,48,52-57,61H,32-39H2,1-19H3/b25-20+,31-30+/t44-,45-,48+,52-,53-,54+,55-,56+,57-/m0/s1. The Morgan fingerprint density at radius 3 is 1.72 bits per heavy atom.